The molecule has 0 radical (unpaired) electrons. The molecule has 0 amide bonds. The molecular formula is C15H19FO3. The third-order valence-corrected chi connectivity index (χ3v) is 3.71. The highest BCUT2D eigenvalue weighted by atomic mass is 19.1. The van der Waals surface area contributed by atoms with Gasteiger partial charge in [0.25, 0.3) is 0 Å². The molecule has 1 aliphatic carbocycles. The van der Waals surface area contributed by atoms with E-state index >= 15 is 0 Å². The summed E-state index contributed by atoms with van der Waals surface area (Å²) < 4.78 is 19.4. The molecule has 1 aromatic carbocycles. The molecular weight excluding hydrogens is 247 g/mol. The number of hydrogen-bond acceptors (Lipinski definition) is 2. The number of rotatable bonds is 5. The Morgan fingerprint density at radius 1 is 1.42 bits per heavy atom. The smallest absolute Gasteiger partial charge is 0.338 e. The van der Waals surface area contributed by atoms with Crippen LogP contribution in [0, 0.1) is 11.7 Å². The fourth-order valence-corrected chi connectivity index (χ4v) is 2.56. The standard InChI is InChI=1S/C15H19FO3/c1-2-11-7-12(15(17)18)13(16)8-14(11)19-9-10-5-3-4-6-10/h7-8,10H,2-6,9H2,1H3,(H,17,18). The number of carbonyl (C=O) groups is 1. The van der Waals surface area contributed by atoms with E-state index in [2.05, 4.69) is 0 Å². The Bertz CT molecular complexity index is 465. The second kappa shape index (κ2) is 6.04. The molecule has 0 bridgehead atoms. The van der Waals surface area contributed by atoms with Crippen molar-refractivity contribution in [2.24, 2.45) is 5.92 Å². The number of aryl methyl sites for hydroxylation is 1. The molecule has 19 heavy (non-hydrogen) atoms. The van der Waals surface area contributed by atoms with Gasteiger partial charge in [0, 0.05) is 6.07 Å². The van der Waals surface area contributed by atoms with Crippen molar-refractivity contribution in [3.63, 3.8) is 0 Å². The van der Waals surface area contributed by atoms with Gasteiger partial charge in [-0.05, 0) is 36.8 Å². The molecule has 1 aromatic rings. The lowest BCUT2D eigenvalue weighted by Gasteiger charge is -2.15. The van der Waals surface area contributed by atoms with Gasteiger partial charge in [0.05, 0.1) is 12.2 Å². The topological polar surface area (TPSA) is 46.5 Å². The van der Waals surface area contributed by atoms with E-state index in [0.29, 0.717) is 24.7 Å². The van der Waals surface area contributed by atoms with Crippen molar-refractivity contribution in [1.29, 1.82) is 0 Å². The summed E-state index contributed by atoms with van der Waals surface area (Å²) in [5, 5.41) is 8.90. The summed E-state index contributed by atoms with van der Waals surface area (Å²) in [5.74, 6) is -0.940. The van der Waals surface area contributed by atoms with Gasteiger partial charge in [-0.1, -0.05) is 19.8 Å². The summed E-state index contributed by atoms with van der Waals surface area (Å²) in [6.07, 6.45) is 5.43. The number of ether oxygens (including phenoxy) is 1. The van der Waals surface area contributed by atoms with Crippen LogP contribution in [0.25, 0.3) is 0 Å². The fraction of sp³-hybridized carbons (Fsp3) is 0.533. The van der Waals surface area contributed by atoms with Gasteiger partial charge >= 0.3 is 5.97 Å². The van der Waals surface area contributed by atoms with Gasteiger partial charge in [-0.25, -0.2) is 9.18 Å². The van der Waals surface area contributed by atoms with Crippen molar-refractivity contribution in [3.8, 4) is 5.75 Å². The van der Waals surface area contributed by atoms with E-state index in [1.807, 2.05) is 6.92 Å². The van der Waals surface area contributed by atoms with Gasteiger partial charge in [-0.2, -0.15) is 0 Å². The predicted molar refractivity (Wildman–Crippen MR) is 70.2 cm³/mol. The largest absolute Gasteiger partial charge is 0.493 e. The lowest BCUT2D eigenvalue weighted by atomic mass is 10.1. The minimum atomic E-state index is -1.24. The minimum Gasteiger partial charge on any atom is -0.493 e. The van der Waals surface area contributed by atoms with Crippen LogP contribution in [0.2, 0.25) is 0 Å². The number of hydrogen-bond donors (Lipinski definition) is 1. The molecule has 0 heterocycles. The predicted octanol–water partition coefficient (Wildman–Crippen LogP) is 3.66. The van der Waals surface area contributed by atoms with Crippen LogP contribution in [0.5, 0.6) is 5.75 Å². The summed E-state index contributed by atoms with van der Waals surface area (Å²) in [5.41, 5.74) is 0.460. The number of halogens is 1. The van der Waals surface area contributed by atoms with Gasteiger partial charge in [0.1, 0.15) is 11.6 Å². The first-order valence-corrected chi connectivity index (χ1v) is 6.80. The average Bonchev–Trinajstić information content (AvgIpc) is 2.89. The van der Waals surface area contributed by atoms with Crippen molar-refractivity contribution in [2.45, 2.75) is 39.0 Å². The normalized spacial score (nSPS) is 15.7. The van der Waals surface area contributed by atoms with Crippen LogP contribution >= 0.6 is 0 Å². The van der Waals surface area contributed by atoms with E-state index < -0.39 is 11.8 Å². The molecule has 0 aliphatic heterocycles. The molecule has 4 heteroatoms. The molecule has 3 nitrogen and oxygen atoms in total. The van der Waals surface area contributed by atoms with Crippen molar-refractivity contribution in [2.75, 3.05) is 6.61 Å². The molecule has 0 spiro atoms. The summed E-state index contributed by atoms with van der Waals surface area (Å²) in [6, 6.07) is 2.58. The van der Waals surface area contributed by atoms with Crippen molar-refractivity contribution in [1.82, 2.24) is 0 Å². The monoisotopic (exact) mass is 266 g/mol. The fourth-order valence-electron chi connectivity index (χ4n) is 2.56. The van der Waals surface area contributed by atoms with E-state index in [1.165, 1.54) is 25.0 Å². The van der Waals surface area contributed by atoms with E-state index in [-0.39, 0.29) is 5.56 Å². The van der Waals surface area contributed by atoms with E-state index in [1.54, 1.807) is 0 Å². The highest BCUT2D eigenvalue weighted by Gasteiger charge is 2.18. The first-order valence-electron chi connectivity index (χ1n) is 6.80. The van der Waals surface area contributed by atoms with E-state index in [0.717, 1.165) is 18.4 Å². The van der Waals surface area contributed by atoms with Gasteiger partial charge < -0.3 is 9.84 Å². The summed E-state index contributed by atoms with van der Waals surface area (Å²) in [6.45, 7) is 2.50. The van der Waals surface area contributed by atoms with Crippen LogP contribution in [0.4, 0.5) is 4.39 Å². The number of carboxylic acid groups (broad SMARTS) is 1. The number of carboxylic acids is 1. The summed E-state index contributed by atoms with van der Waals surface area (Å²) >= 11 is 0. The Balaban J connectivity index is 2.14. The number of aromatic carboxylic acids is 1. The maximum absolute atomic E-state index is 13.7. The molecule has 0 atom stereocenters. The second-order valence-electron chi connectivity index (χ2n) is 5.06. The molecule has 1 N–H and O–H groups in total. The van der Waals surface area contributed by atoms with Crippen LogP contribution < -0.4 is 4.74 Å². The SMILES string of the molecule is CCc1cc(C(=O)O)c(F)cc1OCC1CCCC1. The van der Waals surface area contributed by atoms with Crippen LogP contribution in [0.1, 0.15) is 48.5 Å². The zero-order valence-corrected chi connectivity index (χ0v) is 11.1. The van der Waals surface area contributed by atoms with Crippen LogP contribution in [-0.4, -0.2) is 17.7 Å². The zero-order valence-electron chi connectivity index (χ0n) is 11.1. The molecule has 1 fully saturated rings. The van der Waals surface area contributed by atoms with E-state index in [9.17, 15) is 9.18 Å². The lowest BCUT2D eigenvalue weighted by molar-refractivity contribution is 0.0691. The summed E-state index contributed by atoms with van der Waals surface area (Å²) in [4.78, 5) is 10.9. The first-order chi connectivity index (χ1) is 9.11. The third kappa shape index (κ3) is 3.25. The highest BCUT2D eigenvalue weighted by Crippen LogP contribution is 2.28. The Hall–Kier alpha value is -1.58. The average molecular weight is 266 g/mol. The van der Waals surface area contributed by atoms with E-state index in [4.69, 9.17) is 9.84 Å². The van der Waals surface area contributed by atoms with Crippen molar-refractivity contribution < 1.29 is 19.0 Å². The molecule has 2 rings (SSSR count). The molecule has 1 saturated carbocycles. The quantitative estimate of drug-likeness (QED) is 0.884. The first kappa shape index (κ1) is 13.8. The molecule has 0 unspecified atom stereocenters. The highest BCUT2D eigenvalue weighted by molar-refractivity contribution is 5.88. The second-order valence-corrected chi connectivity index (χ2v) is 5.06. The Kier molecular flexibility index (Phi) is 4.40. The Labute approximate surface area is 112 Å². The molecule has 1 aliphatic rings. The lowest BCUT2D eigenvalue weighted by Crippen LogP contribution is -2.10. The maximum atomic E-state index is 13.7. The Morgan fingerprint density at radius 2 is 2.11 bits per heavy atom. The maximum Gasteiger partial charge on any atom is 0.338 e. The number of benzene rings is 1. The van der Waals surface area contributed by atoms with Crippen LogP contribution in [0.3, 0.4) is 0 Å². The van der Waals surface area contributed by atoms with Gasteiger partial charge in [-0.15, -0.1) is 0 Å². The molecule has 0 saturated heterocycles. The molecule has 0 aromatic heterocycles. The molecule has 104 valence electrons. The van der Waals surface area contributed by atoms with Crippen molar-refractivity contribution in [3.05, 3.63) is 29.1 Å². The zero-order chi connectivity index (χ0) is 13.8. The summed E-state index contributed by atoms with van der Waals surface area (Å²) in [7, 11) is 0. The van der Waals surface area contributed by atoms with Gasteiger partial charge in [0.15, 0.2) is 0 Å². The third-order valence-electron chi connectivity index (χ3n) is 3.71. The van der Waals surface area contributed by atoms with Crippen LogP contribution in [0.15, 0.2) is 12.1 Å². The van der Waals surface area contributed by atoms with Gasteiger partial charge in [0.2, 0.25) is 0 Å². The van der Waals surface area contributed by atoms with Gasteiger partial charge in [-0.3, -0.25) is 0 Å². The van der Waals surface area contributed by atoms with Crippen LogP contribution in [-0.2, 0) is 6.42 Å². The minimum absolute atomic E-state index is 0.287. The van der Waals surface area contributed by atoms with Crippen molar-refractivity contribution >= 4 is 5.97 Å². The Morgan fingerprint density at radius 3 is 2.68 bits per heavy atom.